The molecule has 0 saturated heterocycles. The number of aliphatic carboxylic acids is 1. The average Bonchev–Trinajstić information content (AvgIpc) is 3.54. The van der Waals surface area contributed by atoms with Crippen LogP contribution in [0.3, 0.4) is 0 Å². The molecule has 7 nitrogen and oxygen atoms in total. The first-order chi connectivity index (χ1) is 18.9. The van der Waals surface area contributed by atoms with Gasteiger partial charge in [-0.1, -0.05) is 41.1 Å². The molecule has 3 aromatic carbocycles. The number of halogens is 2. The molecule has 196 valence electrons. The van der Waals surface area contributed by atoms with Gasteiger partial charge < -0.3 is 19.4 Å². The Balaban J connectivity index is 1.37. The second-order valence-corrected chi connectivity index (χ2v) is 9.64. The number of ether oxygens (including phenoxy) is 1. The fourth-order valence-corrected chi connectivity index (χ4v) is 4.59. The smallest absolute Gasteiger partial charge is 0.303 e. The van der Waals surface area contributed by atoms with E-state index in [1.807, 2.05) is 66.2 Å². The van der Waals surface area contributed by atoms with E-state index in [0.29, 0.717) is 47.0 Å². The summed E-state index contributed by atoms with van der Waals surface area (Å²) in [6.45, 7) is 3.10. The van der Waals surface area contributed by atoms with Crippen molar-refractivity contribution in [2.45, 2.75) is 26.3 Å². The molecule has 9 heteroatoms. The van der Waals surface area contributed by atoms with Crippen molar-refractivity contribution in [2.75, 3.05) is 6.61 Å². The van der Waals surface area contributed by atoms with Crippen LogP contribution >= 0.6 is 23.2 Å². The maximum atomic E-state index is 10.7. The molecule has 0 amide bonds. The number of carboxylic acid groups (broad SMARTS) is 1. The van der Waals surface area contributed by atoms with Gasteiger partial charge in [0.2, 0.25) is 0 Å². The Morgan fingerprint density at radius 1 is 1.05 bits per heavy atom. The molecule has 2 heterocycles. The highest BCUT2D eigenvalue weighted by molar-refractivity contribution is 6.36. The number of nitrogens with one attached hydrogen (secondary N) is 1. The zero-order valence-electron chi connectivity index (χ0n) is 21.0. The molecule has 5 rings (SSSR count). The zero-order chi connectivity index (χ0) is 27.4. The fraction of sp³-hybridized carbons (Fsp3) is 0.167. The van der Waals surface area contributed by atoms with Crippen molar-refractivity contribution in [2.24, 2.45) is 0 Å². The molecule has 0 bridgehead atoms. The Kier molecular flexibility index (Phi) is 7.87. The van der Waals surface area contributed by atoms with Gasteiger partial charge >= 0.3 is 5.97 Å². The second-order valence-electron chi connectivity index (χ2n) is 8.80. The van der Waals surface area contributed by atoms with Gasteiger partial charge in [0, 0.05) is 40.9 Å². The molecule has 0 radical (unpaired) electrons. The lowest BCUT2D eigenvalue weighted by atomic mass is 10.1. The minimum absolute atomic E-state index is 0.0789. The van der Waals surface area contributed by atoms with E-state index < -0.39 is 5.97 Å². The molecule has 0 aliphatic carbocycles. The van der Waals surface area contributed by atoms with Crippen molar-refractivity contribution in [3.63, 3.8) is 0 Å². The number of nitrogens with zero attached hydrogens (tertiary/aromatic N) is 3. The Hall–Kier alpha value is -4.25. The summed E-state index contributed by atoms with van der Waals surface area (Å²) >= 11 is 12.5. The topological polar surface area (TPSA) is 93.0 Å². The second kappa shape index (κ2) is 11.6. The van der Waals surface area contributed by atoms with Crippen molar-refractivity contribution in [3.8, 4) is 40.5 Å². The van der Waals surface area contributed by atoms with Gasteiger partial charge in [0.05, 0.1) is 28.4 Å². The number of imidazole rings is 2. The zero-order valence-corrected chi connectivity index (χ0v) is 22.6. The van der Waals surface area contributed by atoms with E-state index in [4.69, 9.17) is 43.0 Å². The number of benzene rings is 3. The number of hydrogen-bond acceptors (Lipinski definition) is 4. The standard InChI is InChI=1S/C30H24Cl2N4O3/c1-2-36-18-27(23-12-11-21(31)17-24(23)32)35-30(36)29-33-25-13-10-20(16-26(25)34-29)9-8-19-5-3-6-22(15-19)39-14-4-7-28(37)38/h3,5-6,10-13,15-18H,2,4,7,14H2,1H3,(H,33,34)(H,37,38). The molecule has 39 heavy (non-hydrogen) atoms. The van der Waals surface area contributed by atoms with Crippen molar-refractivity contribution >= 4 is 40.2 Å². The number of rotatable bonds is 8. The van der Waals surface area contributed by atoms with Gasteiger partial charge in [0.1, 0.15) is 5.75 Å². The van der Waals surface area contributed by atoms with Crippen molar-refractivity contribution in [1.82, 2.24) is 19.5 Å². The Morgan fingerprint density at radius 2 is 1.87 bits per heavy atom. The molecule has 0 saturated carbocycles. The van der Waals surface area contributed by atoms with Gasteiger partial charge in [0.15, 0.2) is 11.6 Å². The Bertz CT molecular complexity index is 1730. The highest BCUT2D eigenvalue weighted by Crippen LogP contribution is 2.32. The third-order valence-corrected chi connectivity index (χ3v) is 6.55. The summed E-state index contributed by atoms with van der Waals surface area (Å²) in [5, 5.41) is 9.86. The highest BCUT2D eigenvalue weighted by Gasteiger charge is 2.16. The maximum absolute atomic E-state index is 10.7. The normalized spacial score (nSPS) is 10.8. The molecule has 0 aliphatic heterocycles. The molecule has 5 aromatic rings. The third-order valence-electron chi connectivity index (χ3n) is 6.01. The van der Waals surface area contributed by atoms with E-state index >= 15 is 0 Å². The van der Waals surface area contributed by atoms with E-state index in [-0.39, 0.29) is 6.42 Å². The summed E-state index contributed by atoms with van der Waals surface area (Å²) in [6.07, 6.45) is 2.49. The first kappa shape index (κ1) is 26.4. The Labute approximate surface area is 235 Å². The molecule has 0 fully saturated rings. The minimum Gasteiger partial charge on any atom is -0.494 e. The molecule has 0 atom stereocenters. The number of fused-ring (bicyclic) bond motifs is 1. The van der Waals surface area contributed by atoms with Crippen LogP contribution in [0.2, 0.25) is 10.0 Å². The van der Waals surface area contributed by atoms with Crippen molar-refractivity contribution in [1.29, 1.82) is 0 Å². The number of aromatic amines is 1. The molecule has 2 N–H and O–H groups in total. The number of H-pyrrole nitrogens is 1. The molecule has 0 unspecified atom stereocenters. The number of aryl methyl sites for hydroxylation is 1. The molecule has 0 aliphatic rings. The van der Waals surface area contributed by atoms with Crippen LogP contribution in [0.1, 0.15) is 30.9 Å². The summed E-state index contributed by atoms with van der Waals surface area (Å²) in [7, 11) is 0. The average molecular weight is 559 g/mol. The van der Waals surface area contributed by atoms with Gasteiger partial charge in [-0.3, -0.25) is 4.79 Å². The molecule has 2 aromatic heterocycles. The summed E-state index contributed by atoms with van der Waals surface area (Å²) in [5.74, 6) is 7.55. The third kappa shape index (κ3) is 6.26. The van der Waals surface area contributed by atoms with Gasteiger partial charge in [-0.15, -0.1) is 0 Å². The van der Waals surface area contributed by atoms with Crippen LogP contribution < -0.4 is 4.74 Å². The lowest BCUT2D eigenvalue weighted by molar-refractivity contribution is -0.137. The van der Waals surface area contributed by atoms with E-state index in [1.165, 1.54) is 0 Å². The number of hydrogen-bond donors (Lipinski definition) is 2. The SMILES string of the molecule is CCn1cc(-c2ccc(Cl)cc2Cl)nc1-c1nc2ccc(C#Cc3cccc(OCCCC(=O)O)c3)cc2[nH]1. The van der Waals surface area contributed by atoms with E-state index in [2.05, 4.69) is 16.8 Å². The van der Waals surface area contributed by atoms with Gasteiger partial charge in [-0.25, -0.2) is 9.97 Å². The van der Waals surface area contributed by atoms with E-state index in [0.717, 1.165) is 33.4 Å². The van der Waals surface area contributed by atoms with Crippen LogP contribution in [-0.4, -0.2) is 37.2 Å². The number of carboxylic acids is 1. The quantitative estimate of drug-likeness (QED) is 0.157. The monoisotopic (exact) mass is 558 g/mol. The predicted octanol–water partition coefficient (Wildman–Crippen LogP) is 7.06. The lowest BCUT2D eigenvalue weighted by Gasteiger charge is -2.05. The lowest BCUT2D eigenvalue weighted by Crippen LogP contribution is -2.02. The van der Waals surface area contributed by atoms with E-state index in [9.17, 15) is 4.79 Å². The molecular weight excluding hydrogens is 535 g/mol. The van der Waals surface area contributed by atoms with Crippen LogP contribution in [0.5, 0.6) is 5.75 Å². The van der Waals surface area contributed by atoms with Crippen molar-refractivity contribution < 1.29 is 14.6 Å². The Morgan fingerprint density at radius 3 is 2.64 bits per heavy atom. The van der Waals surface area contributed by atoms with Crippen LogP contribution in [0, 0.1) is 11.8 Å². The van der Waals surface area contributed by atoms with Gasteiger partial charge in [-0.2, -0.15) is 0 Å². The molecule has 0 spiro atoms. The first-order valence-electron chi connectivity index (χ1n) is 12.4. The fourth-order valence-electron chi connectivity index (χ4n) is 4.09. The van der Waals surface area contributed by atoms with Crippen molar-refractivity contribution in [3.05, 3.63) is 88.0 Å². The van der Waals surface area contributed by atoms with Crippen LogP contribution in [-0.2, 0) is 11.3 Å². The molecular formula is C30H24Cl2N4O3. The predicted molar refractivity (Wildman–Crippen MR) is 153 cm³/mol. The summed E-state index contributed by atoms with van der Waals surface area (Å²) in [5.41, 5.74) is 4.84. The first-order valence-corrected chi connectivity index (χ1v) is 13.1. The van der Waals surface area contributed by atoms with Gasteiger partial charge in [-0.05, 0) is 67.9 Å². The van der Waals surface area contributed by atoms with Crippen LogP contribution in [0.15, 0.2) is 66.9 Å². The van der Waals surface area contributed by atoms with Gasteiger partial charge in [0.25, 0.3) is 0 Å². The highest BCUT2D eigenvalue weighted by atomic mass is 35.5. The summed E-state index contributed by atoms with van der Waals surface area (Å²) < 4.78 is 7.67. The number of carbonyl (C=O) groups is 1. The summed E-state index contributed by atoms with van der Waals surface area (Å²) in [4.78, 5) is 23.6. The summed E-state index contributed by atoms with van der Waals surface area (Å²) in [6, 6.07) is 18.6. The maximum Gasteiger partial charge on any atom is 0.303 e. The van der Waals surface area contributed by atoms with Crippen LogP contribution in [0.25, 0.3) is 33.9 Å². The van der Waals surface area contributed by atoms with Crippen LogP contribution in [0.4, 0.5) is 0 Å². The van der Waals surface area contributed by atoms with E-state index in [1.54, 1.807) is 12.1 Å². The number of aromatic nitrogens is 4. The largest absolute Gasteiger partial charge is 0.494 e. The minimum atomic E-state index is -0.831.